The number of ether oxygens (including phenoxy) is 1. The van der Waals surface area contributed by atoms with E-state index in [2.05, 4.69) is 88.7 Å². The van der Waals surface area contributed by atoms with Gasteiger partial charge in [-0.3, -0.25) is 5.32 Å². The number of pyridine rings is 1. The van der Waals surface area contributed by atoms with Crippen LogP contribution in [0.1, 0.15) is 61.6 Å². The Balaban J connectivity index is 1.42. The third kappa shape index (κ3) is 5.23. The number of amides is 1. The van der Waals surface area contributed by atoms with Crippen LogP contribution in [-0.2, 0) is 16.1 Å². The van der Waals surface area contributed by atoms with Crippen molar-refractivity contribution in [2.24, 2.45) is 11.8 Å². The summed E-state index contributed by atoms with van der Waals surface area (Å²) >= 11 is 0. The lowest BCUT2D eigenvalue weighted by Crippen LogP contribution is -2.41. The zero-order valence-corrected chi connectivity index (χ0v) is 24.3. The topological polar surface area (TPSA) is 93.5 Å². The summed E-state index contributed by atoms with van der Waals surface area (Å²) in [5, 5.41) is 2.81. The van der Waals surface area contributed by atoms with Gasteiger partial charge in [0.2, 0.25) is 5.95 Å². The van der Waals surface area contributed by atoms with Crippen LogP contribution in [0.5, 0.6) is 0 Å². The van der Waals surface area contributed by atoms with E-state index in [4.69, 9.17) is 19.5 Å². The van der Waals surface area contributed by atoms with Gasteiger partial charge in [0, 0.05) is 18.7 Å². The molecule has 2 atom stereocenters. The van der Waals surface area contributed by atoms with E-state index in [1.807, 2.05) is 6.07 Å². The fourth-order valence-electron chi connectivity index (χ4n) is 6.69. The maximum atomic E-state index is 11.9. The largest absolute Gasteiger partial charge is 0.427 e. The van der Waals surface area contributed by atoms with E-state index < -0.39 is 12.3 Å². The van der Waals surface area contributed by atoms with Crippen molar-refractivity contribution in [3.63, 3.8) is 0 Å². The summed E-state index contributed by atoms with van der Waals surface area (Å²) in [5.41, 5.74) is 9.59. The minimum absolute atomic E-state index is 0.0564. The number of nitrogens with zero attached hydrogens (tertiary/aromatic N) is 4. The van der Waals surface area contributed by atoms with Crippen LogP contribution in [0.25, 0.3) is 22.3 Å². The molecule has 4 heterocycles. The molecule has 4 aromatic rings. The van der Waals surface area contributed by atoms with E-state index in [0.29, 0.717) is 24.8 Å². The van der Waals surface area contributed by atoms with Gasteiger partial charge in [0.15, 0.2) is 6.17 Å². The van der Waals surface area contributed by atoms with E-state index in [9.17, 15) is 4.79 Å². The number of anilines is 1. The Morgan fingerprint density at radius 3 is 2.60 bits per heavy atom. The monoisotopic (exact) mass is 566 g/mol. The first-order valence-electron chi connectivity index (χ1n) is 15.1. The molecule has 1 amide bonds. The van der Waals surface area contributed by atoms with Gasteiger partial charge in [-0.15, -0.1) is 5.48 Å². The third-order valence-corrected chi connectivity index (χ3v) is 8.99. The highest BCUT2D eigenvalue weighted by Crippen LogP contribution is 2.39. The molecule has 1 saturated carbocycles. The number of fused-ring (bicyclic) bond motifs is 1. The third-order valence-electron chi connectivity index (χ3n) is 8.99. The lowest BCUT2D eigenvalue weighted by Gasteiger charge is -2.37. The molecule has 9 nitrogen and oxygen atoms in total. The Labute approximate surface area is 246 Å². The van der Waals surface area contributed by atoms with Crippen LogP contribution in [0.4, 0.5) is 10.7 Å². The molecule has 0 bridgehead atoms. The standard InChI is InChI=1S/C33H38N6O3/c1-21-11-13-23(14-12-21)19-39-30-26(35-32(39)38-15-16-41-20-28(38)24-8-4-3-5-9-24)18-27(31-36-33(40)42-37-31)34-29(30)25-10-6-7-22(2)17-25/h3-10,17-18,21,23,28,31,37H,11-16,19-20H2,1-2H3,(H,36,40)/t21?,23?,28-,31?/m0/s1. The van der Waals surface area contributed by atoms with E-state index in [1.165, 1.54) is 31.2 Å². The van der Waals surface area contributed by atoms with Gasteiger partial charge in [0.25, 0.3) is 0 Å². The van der Waals surface area contributed by atoms with Gasteiger partial charge in [0.1, 0.15) is 0 Å². The summed E-state index contributed by atoms with van der Waals surface area (Å²) in [7, 11) is 0. The first-order chi connectivity index (χ1) is 20.5. The maximum absolute atomic E-state index is 11.9. The SMILES string of the molecule is Cc1cccc(-c2nc(C3NOC(=O)N3)cc3nc(N4CCOC[C@H]4c4ccccc4)n(CC4CCC(C)CC4)c23)c1. The zero-order valence-electron chi connectivity index (χ0n) is 24.3. The molecule has 2 aromatic heterocycles. The normalized spacial score (nSPS) is 24.5. The second kappa shape index (κ2) is 11.4. The molecule has 2 N–H and O–H groups in total. The summed E-state index contributed by atoms with van der Waals surface area (Å²) in [4.78, 5) is 29.9. The Bertz CT molecular complexity index is 1580. The average Bonchev–Trinajstić information content (AvgIpc) is 3.62. The van der Waals surface area contributed by atoms with Crippen LogP contribution in [0.15, 0.2) is 60.7 Å². The molecule has 1 aliphatic carbocycles. The summed E-state index contributed by atoms with van der Waals surface area (Å²) in [5.74, 6) is 2.31. The van der Waals surface area contributed by atoms with Crippen molar-refractivity contribution in [2.75, 3.05) is 24.7 Å². The lowest BCUT2D eigenvalue weighted by atomic mass is 9.83. The van der Waals surface area contributed by atoms with E-state index >= 15 is 0 Å². The van der Waals surface area contributed by atoms with Gasteiger partial charge in [-0.1, -0.05) is 73.9 Å². The zero-order chi connectivity index (χ0) is 28.6. The van der Waals surface area contributed by atoms with Gasteiger partial charge < -0.3 is 19.0 Å². The summed E-state index contributed by atoms with van der Waals surface area (Å²) in [6, 6.07) is 21.1. The van der Waals surface area contributed by atoms with Crippen molar-refractivity contribution in [2.45, 2.75) is 58.3 Å². The molecule has 218 valence electrons. The van der Waals surface area contributed by atoms with Gasteiger partial charge in [-0.05, 0) is 49.3 Å². The Hall–Kier alpha value is -3.95. The fourth-order valence-corrected chi connectivity index (χ4v) is 6.69. The molecule has 2 aliphatic heterocycles. The summed E-state index contributed by atoms with van der Waals surface area (Å²) in [6.07, 6.45) is 3.88. The van der Waals surface area contributed by atoms with Gasteiger partial charge in [-0.25, -0.2) is 14.8 Å². The van der Waals surface area contributed by atoms with Crippen molar-refractivity contribution in [3.8, 4) is 11.3 Å². The summed E-state index contributed by atoms with van der Waals surface area (Å²) < 4.78 is 8.45. The number of carbonyl (C=O) groups excluding carboxylic acids is 1. The molecule has 1 unspecified atom stereocenters. The first-order valence-corrected chi connectivity index (χ1v) is 15.1. The molecule has 2 aromatic carbocycles. The minimum atomic E-state index is -0.556. The van der Waals surface area contributed by atoms with Crippen molar-refractivity contribution < 1.29 is 14.4 Å². The highest BCUT2D eigenvalue weighted by Gasteiger charge is 2.33. The highest BCUT2D eigenvalue weighted by molar-refractivity contribution is 5.92. The van der Waals surface area contributed by atoms with Gasteiger partial charge in [0.05, 0.1) is 41.7 Å². The molecule has 2 saturated heterocycles. The van der Waals surface area contributed by atoms with Gasteiger partial charge in [-0.2, -0.15) is 0 Å². The highest BCUT2D eigenvalue weighted by atomic mass is 16.7. The summed E-state index contributed by atoms with van der Waals surface area (Å²) in [6.45, 7) is 7.36. The molecular formula is C33H38N6O3. The molecular weight excluding hydrogens is 528 g/mol. The molecule has 0 spiro atoms. The van der Waals surface area contributed by atoms with E-state index in [1.54, 1.807) is 0 Å². The predicted molar refractivity (Wildman–Crippen MR) is 162 cm³/mol. The number of rotatable bonds is 6. The van der Waals surface area contributed by atoms with Crippen molar-refractivity contribution in [1.82, 2.24) is 25.3 Å². The van der Waals surface area contributed by atoms with Gasteiger partial charge >= 0.3 is 6.09 Å². The number of carbonyl (C=O) groups is 1. The quantitative estimate of drug-likeness (QED) is 0.293. The number of aromatic nitrogens is 3. The number of morpholine rings is 1. The Kier molecular flexibility index (Phi) is 7.29. The van der Waals surface area contributed by atoms with Crippen LogP contribution in [0, 0.1) is 18.8 Å². The van der Waals surface area contributed by atoms with Crippen molar-refractivity contribution in [1.29, 1.82) is 0 Å². The second-order valence-electron chi connectivity index (χ2n) is 12.1. The number of aryl methyl sites for hydroxylation is 1. The molecule has 42 heavy (non-hydrogen) atoms. The number of nitrogens with one attached hydrogen (secondary N) is 2. The number of hydroxylamine groups is 1. The van der Waals surface area contributed by atoms with Crippen LogP contribution < -0.4 is 15.7 Å². The van der Waals surface area contributed by atoms with Crippen LogP contribution in [0.2, 0.25) is 0 Å². The first kappa shape index (κ1) is 26.9. The van der Waals surface area contributed by atoms with E-state index in [0.717, 1.165) is 52.8 Å². The lowest BCUT2D eigenvalue weighted by molar-refractivity contribution is 0.0927. The number of hydrogen-bond acceptors (Lipinski definition) is 7. The number of hydrogen-bond donors (Lipinski definition) is 2. The Morgan fingerprint density at radius 1 is 1.00 bits per heavy atom. The molecule has 7 rings (SSSR count). The molecule has 3 fully saturated rings. The fraction of sp³-hybridized carbons (Fsp3) is 0.424. The van der Waals surface area contributed by atoms with Crippen LogP contribution in [0.3, 0.4) is 0 Å². The smallest absolute Gasteiger partial charge is 0.377 e. The second-order valence-corrected chi connectivity index (χ2v) is 12.1. The minimum Gasteiger partial charge on any atom is -0.377 e. The predicted octanol–water partition coefficient (Wildman–Crippen LogP) is 6.05. The van der Waals surface area contributed by atoms with E-state index in [-0.39, 0.29) is 6.04 Å². The average molecular weight is 567 g/mol. The molecule has 0 radical (unpaired) electrons. The molecule has 9 heteroatoms. The number of imidazole rings is 1. The molecule has 3 aliphatic rings. The maximum Gasteiger partial charge on any atom is 0.427 e. The Morgan fingerprint density at radius 2 is 1.83 bits per heavy atom. The number of benzene rings is 2. The van der Waals surface area contributed by atoms with Crippen molar-refractivity contribution in [3.05, 3.63) is 77.5 Å². The van der Waals surface area contributed by atoms with Crippen LogP contribution >= 0.6 is 0 Å². The van der Waals surface area contributed by atoms with Crippen molar-refractivity contribution >= 4 is 23.1 Å². The van der Waals surface area contributed by atoms with Crippen LogP contribution in [-0.4, -0.2) is 40.4 Å².